The second-order valence-corrected chi connectivity index (χ2v) is 9.01. The lowest BCUT2D eigenvalue weighted by atomic mass is 9.87. The van der Waals surface area contributed by atoms with Crippen LogP contribution in [0.3, 0.4) is 0 Å². The van der Waals surface area contributed by atoms with E-state index in [0.717, 1.165) is 48.4 Å². The van der Waals surface area contributed by atoms with Gasteiger partial charge < -0.3 is 16.0 Å². The third kappa shape index (κ3) is 4.31. The van der Waals surface area contributed by atoms with Gasteiger partial charge in [-0.3, -0.25) is 14.7 Å². The van der Waals surface area contributed by atoms with Gasteiger partial charge in [0.1, 0.15) is 0 Å². The van der Waals surface area contributed by atoms with E-state index in [1.54, 1.807) is 7.05 Å². The van der Waals surface area contributed by atoms with Crippen molar-refractivity contribution in [1.82, 2.24) is 20.2 Å². The van der Waals surface area contributed by atoms with Gasteiger partial charge in [-0.2, -0.15) is 0 Å². The van der Waals surface area contributed by atoms with Crippen LogP contribution in [0.4, 0.5) is 0 Å². The summed E-state index contributed by atoms with van der Waals surface area (Å²) in [5.74, 6) is 6.93. The van der Waals surface area contributed by atoms with Crippen molar-refractivity contribution in [2.75, 3.05) is 26.7 Å². The molecule has 4 rings (SSSR count). The highest BCUT2D eigenvalue weighted by atomic mass is 16.1. The van der Waals surface area contributed by atoms with E-state index in [1.807, 2.05) is 18.4 Å². The summed E-state index contributed by atoms with van der Waals surface area (Å²) in [6, 6.07) is 6.83. The first-order valence-electron chi connectivity index (χ1n) is 11.4. The molecule has 0 aliphatic carbocycles. The molecule has 1 saturated heterocycles. The number of aromatic amines is 1. The first kappa shape index (κ1) is 22.2. The molecule has 1 aromatic carbocycles. The van der Waals surface area contributed by atoms with Gasteiger partial charge in [0.15, 0.2) is 0 Å². The molecular weight excluding hydrogens is 400 g/mol. The van der Waals surface area contributed by atoms with Crippen molar-refractivity contribution in [2.24, 2.45) is 11.6 Å². The summed E-state index contributed by atoms with van der Waals surface area (Å²) in [5.41, 5.74) is 12.6. The van der Waals surface area contributed by atoms with Gasteiger partial charge in [0.25, 0.3) is 0 Å². The lowest BCUT2D eigenvalue weighted by Gasteiger charge is -2.31. The molecule has 32 heavy (non-hydrogen) atoms. The molecule has 0 spiro atoms. The van der Waals surface area contributed by atoms with Crippen LogP contribution in [0.5, 0.6) is 0 Å². The van der Waals surface area contributed by atoms with E-state index in [0.29, 0.717) is 18.4 Å². The molecule has 6 N–H and O–H groups in total. The molecule has 170 valence electrons. The van der Waals surface area contributed by atoms with E-state index in [4.69, 9.17) is 11.6 Å². The standard InChI is InChI=1S/C25H34N6O/c1-16(2)24-21-13-18(17-6-9-30(10-7-17)15-23(32)28-3)4-5-22(21)29-25(24)19-8-11-31(27)20(12-19)14-26/h4-5,8,11-14,16-17,29H,6-7,9-10,15,26-27H2,1-3H3,(H,28,32)/b20-14-. The number of hydrogen-bond acceptors (Lipinski definition) is 5. The number of carbonyl (C=O) groups excluding carboxylic acids is 1. The predicted molar refractivity (Wildman–Crippen MR) is 130 cm³/mol. The third-order valence-electron chi connectivity index (χ3n) is 6.62. The summed E-state index contributed by atoms with van der Waals surface area (Å²) >= 11 is 0. The Morgan fingerprint density at radius 2 is 2.06 bits per heavy atom. The molecule has 3 heterocycles. The number of aromatic nitrogens is 1. The minimum absolute atomic E-state index is 0.0859. The maximum absolute atomic E-state index is 11.7. The van der Waals surface area contributed by atoms with E-state index in [9.17, 15) is 4.79 Å². The number of nitrogens with zero attached hydrogens (tertiary/aromatic N) is 2. The zero-order chi connectivity index (χ0) is 22.8. The number of hydrogen-bond donors (Lipinski definition) is 4. The topological polar surface area (TPSA) is 103 Å². The number of allylic oxidation sites excluding steroid dienone is 3. The minimum Gasteiger partial charge on any atom is -0.403 e. The molecule has 7 heteroatoms. The van der Waals surface area contributed by atoms with Crippen LogP contribution in [0, 0.1) is 0 Å². The normalized spacial score (nSPS) is 19.2. The SMILES string of the molecule is CNC(=O)CN1CCC(c2ccc3[nH]c(C4=C/C(=C/N)N(N)C=C4)c(C(C)C)c3c2)CC1. The number of carbonyl (C=O) groups is 1. The molecule has 0 radical (unpaired) electrons. The number of benzene rings is 1. The Kier molecular flexibility index (Phi) is 6.39. The quantitative estimate of drug-likeness (QED) is 0.542. The van der Waals surface area contributed by atoms with Crippen molar-refractivity contribution >= 4 is 22.4 Å². The van der Waals surface area contributed by atoms with Crippen LogP contribution in [-0.2, 0) is 4.79 Å². The molecule has 1 aromatic heterocycles. The van der Waals surface area contributed by atoms with Gasteiger partial charge in [-0.05, 0) is 73.2 Å². The highest BCUT2D eigenvalue weighted by Gasteiger charge is 2.24. The van der Waals surface area contributed by atoms with E-state index >= 15 is 0 Å². The molecule has 2 aliphatic rings. The zero-order valence-corrected chi connectivity index (χ0v) is 19.2. The van der Waals surface area contributed by atoms with Gasteiger partial charge in [0.2, 0.25) is 5.91 Å². The van der Waals surface area contributed by atoms with Crippen molar-refractivity contribution < 1.29 is 4.79 Å². The average Bonchev–Trinajstić information content (AvgIpc) is 3.19. The third-order valence-corrected chi connectivity index (χ3v) is 6.62. The number of amides is 1. The van der Waals surface area contributed by atoms with Crippen LogP contribution in [-0.4, -0.2) is 47.5 Å². The minimum atomic E-state index is 0.0859. The lowest BCUT2D eigenvalue weighted by molar-refractivity contribution is -0.122. The number of likely N-dealkylation sites (tertiary alicyclic amines) is 1. The fourth-order valence-electron chi connectivity index (χ4n) is 4.84. The lowest BCUT2D eigenvalue weighted by Crippen LogP contribution is -2.40. The molecule has 0 saturated carbocycles. The van der Waals surface area contributed by atoms with E-state index < -0.39 is 0 Å². The molecule has 7 nitrogen and oxygen atoms in total. The van der Waals surface area contributed by atoms with Crippen molar-refractivity contribution in [3.05, 3.63) is 65.3 Å². The van der Waals surface area contributed by atoms with Crippen LogP contribution in [0.2, 0.25) is 0 Å². The highest BCUT2D eigenvalue weighted by molar-refractivity contribution is 5.92. The van der Waals surface area contributed by atoms with Crippen LogP contribution in [0.25, 0.3) is 16.5 Å². The molecule has 2 aliphatic heterocycles. The average molecular weight is 435 g/mol. The van der Waals surface area contributed by atoms with Crippen LogP contribution in [0.1, 0.15) is 55.3 Å². The fraction of sp³-hybridized carbons (Fsp3) is 0.400. The zero-order valence-electron chi connectivity index (χ0n) is 19.2. The Balaban J connectivity index is 1.63. The first-order chi connectivity index (χ1) is 15.4. The molecular formula is C25H34N6O. The van der Waals surface area contributed by atoms with Gasteiger partial charge in [-0.1, -0.05) is 19.9 Å². The molecule has 0 bridgehead atoms. The number of fused-ring (bicyclic) bond motifs is 1. The highest BCUT2D eigenvalue weighted by Crippen LogP contribution is 2.38. The molecule has 1 fully saturated rings. The number of nitrogens with two attached hydrogens (primary N) is 2. The number of likely N-dealkylation sites (N-methyl/N-ethyl adjacent to an activating group) is 1. The van der Waals surface area contributed by atoms with Crippen molar-refractivity contribution in [3.8, 4) is 0 Å². The maximum Gasteiger partial charge on any atom is 0.233 e. The van der Waals surface area contributed by atoms with Gasteiger partial charge in [0, 0.05) is 35.9 Å². The summed E-state index contributed by atoms with van der Waals surface area (Å²) in [7, 11) is 1.69. The van der Waals surface area contributed by atoms with Crippen molar-refractivity contribution in [2.45, 2.75) is 38.5 Å². The largest absolute Gasteiger partial charge is 0.403 e. The van der Waals surface area contributed by atoms with Crippen molar-refractivity contribution in [1.29, 1.82) is 0 Å². The van der Waals surface area contributed by atoms with Crippen LogP contribution < -0.4 is 16.9 Å². The molecule has 1 amide bonds. The summed E-state index contributed by atoms with van der Waals surface area (Å²) < 4.78 is 0. The second kappa shape index (κ2) is 9.22. The second-order valence-electron chi connectivity index (χ2n) is 9.01. The summed E-state index contributed by atoms with van der Waals surface area (Å²) in [6.45, 7) is 6.86. The van der Waals surface area contributed by atoms with Gasteiger partial charge in [0.05, 0.1) is 17.9 Å². The number of H-pyrrole nitrogens is 1. The predicted octanol–water partition coefficient (Wildman–Crippen LogP) is 3.10. The Morgan fingerprint density at radius 1 is 1.31 bits per heavy atom. The Morgan fingerprint density at radius 3 is 2.72 bits per heavy atom. The van der Waals surface area contributed by atoms with E-state index in [1.165, 1.54) is 27.7 Å². The number of piperidine rings is 1. The fourth-order valence-corrected chi connectivity index (χ4v) is 4.84. The number of nitrogens with one attached hydrogen (secondary N) is 2. The Bertz CT molecular complexity index is 1090. The van der Waals surface area contributed by atoms with Gasteiger partial charge in [-0.15, -0.1) is 0 Å². The molecule has 2 aromatic rings. The van der Waals surface area contributed by atoms with Crippen LogP contribution >= 0.6 is 0 Å². The van der Waals surface area contributed by atoms with Crippen molar-refractivity contribution in [3.63, 3.8) is 0 Å². The molecule has 0 unspecified atom stereocenters. The van der Waals surface area contributed by atoms with Gasteiger partial charge >= 0.3 is 0 Å². The smallest absolute Gasteiger partial charge is 0.233 e. The summed E-state index contributed by atoms with van der Waals surface area (Å²) in [6.07, 6.45) is 9.53. The summed E-state index contributed by atoms with van der Waals surface area (Å²) in [4.78, 5) is 17.6. The maximum atomic E-state index is 11.7. The number of rotatable bonds is 5. The summed E-state index contributed by atoms with van der Waals surface area (Å²) in [5, 5.41) is 5.52. The number of hydrazine groups is 1. The van der Waals surface area contributed by atoms with Gasteiger partial charge in [-0.25, -0.2) is 5.84 Å². The molecule has 0 atom stereocenters. The van der Waals surface area contributed by atoms with E-state index in [2.05, 4.69) is 47.2 Å². The Labute approximate surface area is 189 Å². The monoisotopic (exact) mass is 434 g/mol. The first-order valence-corrected chi connectivity index (χ1v) is 11.4. The van der Waals surface area contributed by atoms with Crippen LogP contribution in [0.15, 0.2) is 48.4 Å². The van der Waals surface area contributed by atoms with E-state index in [-0.39, 0.29) is 5.91 Å². The Hall–Kier alpha value is -3.03.